The van der Waals surface area contributed by atoms with Crippen molar-refractivity contribution in [2.75, 3.05) is 26.2 Å². The first-order chi connectivity index (χ1) is 14.9. The molecule has 2 saturated heterocycles. The molecule has 2 amide bonds. The first-order valence-electron chi connectivity index (χ1n) is 9.88. The Bertz CT molecular complexity index is 759. The molecule has 0 aliphatic carbocycles. The predicted octanol–water partition coefficient (Wildman–Crippen LogP) is 0.617. The maximum Gasteiger partial charge on any atom is 0.490 e. The summed E-state index contributed by atoms with van der Waals surface area (Å²) in [5.74, 6) is -1.65. The first-order valence-corrected chi connectivity index (χ1v) is 9.88. The molecule has 0 aromatic heterocycles. The van der Waals surface area contributed by atoms with Gasteiger partial charge in [-0.05, 0) is 44.3 Å². The van der Waals surface area contributed by atoms with Crippen molar-refractivity contribution in [2.45, 2.75) is 37.9 Å². The molecule has 0 unspecified atom stereocenters. The molecule has 2 aliphatic heterocycles. The highest BCUT2D eigenvalue weighted by molar-refractivity contribution is 5.88. The molecule has 0 spiro atoms. The molecule has 2 atom stereocenters. The van der Waals surface area contributed by atoms with Crippen molar-refractivity contribution >= 4 is 23.8 Å². The number of halogens is 3. The Morgan fingerprint density at radius 3 is 2.34 bits per heavy atom. The second kappa shape index (κ2) is 12.7. The molecule has 2 fully saturated rings. The number of hydrogen-bond donors (Lipinski definition) is 4. The van der Waals surface area contributed by atoms with Gasteiger partial charge < -0.3 is 25.7 Å². The van der Waals surface area contributed by atoms with Crippen LogP contribution in [0.4, 0.5) is 13.2 Å². The largest absolute Gasteiger partial charge is 0.490 e. The number of piperidine rings is 1. The molecule has 178 valence electrons. The lowest BCUT2D eigenvalue weighted by atomic mass is 9.96. The fourth-order valence-corrected chi connectivity index (χ4v) is 2.99. The van der Waals surface area contributed by atoms with Crippen molar-refractivity contribution in [3.05, 3.63) is 12.2 Å². The van der Waals surface area contributed by atoms with E-state index in [0.29, 0.717) is 25.4 Å². The molecule has 2 heterocycles. The Balaban J connectivity index is 0.000000633. The third-order valence-corrected chi connectivity index (χ3v) is 4.84. The third-order valence-electron chi connectivity index (χ3n) is 4.84. The summed E-state index contributed by atoms with van der Waals surface area (Å²) in [5, 5.41) is 21.7. The number of terminal acetylenes is 1. The molecule has 32 heavy (non-hydrogen) atoms. The van der Waals surface area contributed by atoms with Gasteiger partial charge in [0.25, 0.3) is 0 Å². The van der Waals surface area contributed by atoms with Gasteiger partial charge in [0.1, 0.15) is 6.04 Å². The number of rotatable bonds is 7. The third kappa shape index (κ3) is 9.82. The fraction of sp³-hybridized carbons (Fsp3) is 0.600. The van der Waals surface area contributed by atoms with Crippen molar-refractivity contribution in [2.24, 2.45) is 11.8 Å². The molecule has 2 rings (SSSR count). The number of carbonyl (C=O) groups excluding carboxylic acids is 2. The molecule has 0 saturated carbocycles. The normalized spacial score (nSPS) is 19.7. The van der Waals surface area contributed by atoms with Crippen LogP contribution in [0.2, 0.25) is 0 Å². The van der Waals surface area contributed by atoms with Gasteiger partial charge in [0, 0.05) is 13.1 Å². The zero-order valence-corrected chi connectivity index (χ0v) is 17.2. The molecule has 0 aromatic carbocycles. The summed E-state index contributed by atoms with van der Waals surface area (Å²) in [6, 6.07) is -0.827. The zero-order chi connectivity index (χ0) is 24.3. The van der Waals surface area contributed by atoms with E-state index >= 15 is 0 Å². The first kappa shape index (κ1) is 27.0. The van der Waals surface area contributed by atoms with Crippen LogP contribution >= 0.6 is 0 Å². The van der Waals surface area contributed by atoms with Gasteiger partial charge in [-0.25, -0.2) is 4.79 Å². The smallest absolute Gasteiger partial charge is 0.481 e. The van der Waals surface area contributed by atoms with Crippen LogP contribution in [0.25, 0.3) is 0 Å². The van der Waals surface area contributed by atoms with Crippen LogP contribution in [0.1, 0.15) is 25.7 Å². The highest BCUT2D eigenvalue weighted by Gasteiger charge is 2.38. The number of nitrogens with one attached hydrogen (secondary N) is 2. The van der Waals surface area contributed by atoms with E-state index in [0.717, 1.165) is 25.9 Å². The van der Waals surface area contributed by atoms with Gasteiger partial charge in [-0.1, -0.05) is 12.0 Å². The number of allylic oxidation sites excluding steroid dienone is 1. The van der Waals surface area contributed by atoms with Crippen LogP contribution in [0, 0.1) is 24.2 Å². The standard InChI is InChI=1S/C18H25N3O4.C2HF3O2/c1-2-15(9-17(23)24)20-18(25)14-6-4-8-21(12-14)16(22)7-3-5-13-10-19-11-13;3-2(4,5)1(6)7/h1,3,7,13-15,19H,4-6,8-12H2,(H,20,25)(H,23,24);(H,6,7)/b7-3+;/t14-,15-;/m1./s1. The summed E-state index contributed by atoms with van der Waals surface area (Å²) in [7, 11) is 0. The van der Waals surface area contributed by atoms with Gasteiger partial charge in [-0.15, -0.1) is 6.42 Å². The maximum absolute atomic E-state index is 12.3. The van der Waals surface area contributed by atoms with Gasteiger partial charge in [0.15, 0.2) is 0 Å². The fourth-order valence-electron chi connectivity index (χ4n) is 2.99. The molecule has 4 N–H and O–H groups in total. The molecule has 2 aliphatic rings. The predicted molar refractivity (Wildman–Crippen MR) is 106 cm³/mol. The maximum atomic E-state index is 12.3. The van der Waals surface area contributed by atoms with Crippen molar-refractivity contribution in [1.29, 1.82) is 0 Å². The van der Waals surface area contributed by atoms with E-state index in [-0.39, 0.29) is 24.2 Å². The van der Waals surface area contributed by atoms with Crippen molar-refractivity contribution in [3.8, 4) is 12.3 Å². The summed E-state index contributed by atoms with van der Waals surface area (Å²) < 4.78 is 31.7. The van der Waals surface area contributed by atoms with Crippen LogP contribution in [-0.4, -0.2) is 77.3 Å². The minimum Gasteiger partial charge on any atom is -0.481 e. The second-order valence-electron chi connectivity index (χ2n) is 7.41. The molecular weight excluding hydrogens is 435 g/mol. The summed E-state index contributed by atoms with van der Waals surface area (Å²) >= 11 is 0. The van der Waals surface area contributed by atoms with E-state index in [1.807, 2.05) is 6.08 Å². The highest BCUT2D eigenvalue weighted by Crippen LogP contribution is 2.18. The average molecular weight is 461 g/mol. The van der Waals surface area contributed by atoms with Crippen LogP contribution in [0.3, 0.4) is 0 Å². The van der Waals surface area contributed by atoms with E-state index in [4.69, 9.17) is 21.4 Å². The summed E-state index contributed by atoms with van der Waals surface area (Å²) in [6.07, 6.45) is 5.65. The lowest BCUT2D eigenvalue weighted by Crippen LogP contribution is -2.47. The lowest BCUT2D eigenvalue weighted by molar-refractivity contribution is -0.192. The molecular formula is C20H26F3N3O6. The number of hydrogen-bond acceptors (Lipinski definition) is 5. The van der Waals surface area contributed by atoms with E-state index in [2.05, 4.69) is 16.6 Å². The Morgan fingerprint density at radius 1 is 1.25 bits per heavy atom. The average Bonchev–Trinajstić information content (AvgIpc) is 2.68. The van der Waals surface area contributed by atoms with E-state index < -0.39 is 24.2 Å². The number of aliphatic carboxylic acids is 2. The van der Waals surface area contributed by atoms with Crippen molar-refractivity contribution in [1.82, 2.24) is 15.5 Å². The zero-order valence-electron chi connectivity index (χ0n) is 17.2. The minimum atomic E-state index is -5.08. The number of amides is 2. The second-order valence-corrected chi connectivity index (χ2v) is 7.41. The Kier molecular flexibility index (Phi) is 10.7. The number of carboxylic acids is 2. The summed E-state index contributed by atoms with van der Waals surface area (Å²) in [4.78, 5) is 45.9. The molecule has 9 nitrogen and oxygen atoms in total. The van der Waals surface area contributed by atoms with Crippen LogP contribution in [0.5, 0.6) is 0 Å². The molecule has 0 bridgehead atoms. The number of likely N-dealkylation sites (tertiary alicyclic amines) is 1. The number of nitrogens with zero attached hydrogens (tertiary/aromatic N) is 1. The van der Waals surface area contributed by atoms with Crippen LogP contribution in [0.15, 0.2) is 12.2 Å². The molecule has 0 radical (unpaired) electrons. The van der Waals surface area contributed by atoms with Gasteiger partial charge in [0.2, 0.25) is 11.8 Å². The van der Waals surface area contributed by atoms with E-state index in [1.54, 1.807) is 11.0 Å². The lowest BCUT2D eigenvalue weighted by Gasteiger charge is -2.32. The van der Waals surface area contributed by atoms with Gasteiger partial charge in [-0.2, -0.15) is 13.2 Å². The SMILES string of the molecule is C#C[C@H](CC(=O)O)NC(=O)[C@@H]1CCCN(C(=O)/C=C/CC2CNC2)C1.O=C(O)C(F)(F)F. The van der Waals surface area contributed by atoms with Gasteiger partial charge in [0.05, 0.1) is 12.3 Å². The quantitative estimate of drug-likeness (QED) is 0.322. The Morgan fingerprint density at radius 2 is 1.88 bits per heavy atom. The monoisotopic (exact) mass is 461 g/mol. The summed E-state index contributed by atoms with van der Waals surface area (Å²) in [6.45, 7) is 2.96. The summed E-state index contributed by atoms with van der Waals surface area (Å²) in [5.41, 5.74) is 0. The van der Waals surface area contributed by atoms with Crippen LogP contribution in [-0.2, 0) is 19.2 Å². The van der Waals surface area contributed by atoms with Crippen LogP contribution < -0.4 is 10.6 Å². The Labute approximate surface area is 183 Å². The van der Waals surface area contributed by atoms with Crippen molar-refractivity contribution in [3.63, 3.8) is 0 Å². The number of carbonyl (C=O) groups is 4. The Hall–Kier alpha value is -3.07. The highest BCUT2D eigenvalue weighted by atomic mass is 19.4. The number of carboxylic acid groups (broad SMARTS) is 2. The topological polar surface area (TPSA) is 136 Å². The molecule has 12 heteroatoms. The van der Waals surface area contributed by atoms with E-state index in [9.17, 15) is 27.6 Å². The number of alkyl halides is 3. The molecule has 0 aromatic rings. The van der Waals surface area contributed by atoms with Gasteiger partial charge in [-0.3, -0.25) is 14.4 Å². The minimum absolute atomic E-state index is 0.0798. The van der Waals surface area contributed by atoms with Crippen molar-refractivity contribution < 1.29 is 42.6 Å². The van der Waals surface area contributed by atoms with Gasteiger partial charge >= 0.3 is 18.1 Å². The van der Waals surface area contributed by atoms with E-state index in [1.165, 1.54) is 0 Å².